The van der Waals surface area contributed by atoms with E-state index in [9.17, 15) is 24.5 Å². The second-order valence-electron chi connectivity index (χ2n) is 4.95. The molecule has 0 unspecified atom stereocenters. The highest BCUT2D eigenvalue weighted by Crippen LogP contribution is 2.24. The minimum absolute atomic E-state index is 0.0712. The van der Waals surface area contributed by atoms with Crippen molar-refractivity contribution in [3.63, 3.8) is 0 Å². The molecular weight excluding hydrogens is 346 g/mol. The zero-order chi connectivity index (χ0) is 19.1. The summed E-state index contributed by atoms with van der Waals surface area (Å²) in [6, 6.07) is 7.72. The fraction of sp³-hybridized carbons (Fsp3) is 0.188. The van der Waals surface area contributed by atoms with Gasteiger partial charge in [-0.15, -0.1) is 0 Å². The Balaban J connectivity index is 1.94. The third-order valence-corrected chi connectivity index (χ3v) is 3.09. The van der Waals surface area contributed by atoms with Crippen molar-refractivity contribution >= 4 is 23.6 Å². The number of carbonyl (C=O) groups excluding carboxylic acids is 3. The summed E-state index contributed by atoms with van der Waals surface area (Å²) < 4.78 is 10.1. The topological polar surface area (TPSA) is 141 Å². The number of imide groups is 1. The Bertz CT molecular complexity index is 827. The molecule has 0 radical (unpaired) electrons. The number of urea groups is 1. The Morgan fingerprint density at radius 1 is 1.15 bits per heavy atom. The van der Waals surface area contributed by atoms with Crippen LogP contribution in [0.1, 0.15) is 17.5 Å². The molecule has 0 spiro atoms. The minimum atomic E-state index is -0.885. The SMILES string of the molecule is CCNC(=O)NC(=O)COC(=O)c1ccc(-c2ccc([N+](=O)[O-])cc2)o1. The first kappa shape index (κ1) is 18.6. The number of hydrogen-bond donors (Lipinski definition) is 2. The summed E-state index contributed by atoms with van der Waals surface area (Å²) >= 11 is 0. The van der Waals surface area contributed by atoms with Gasteiger partial charge >= 0.3 is 12.0 Å². The Labute approximate surface area is 147 Å². The van der Waals surface area contributed by atoms with Gasteiger partial charge in [-0.05, 0) is 31.2 Å². The first-order valence-corrected chi connectivity index (χ1v) is 7.50. The Morgan fingerprint density at radius 2 is 1.85 bits per heavy atom. The maximum absolute atomic E-state index is 11.9. The molecule has 0 atom stereocenters. The van der Waals surface area contributed by atoms with Crippen molar-refractivity contribution in [2.75, 3.05) is 13.2 Å². The van der Waals surface area contributed by atoms with Crippen LogP contribution in [0.3, 0.4) is 0 Å². The molecule has 0 aliphatic heterocycles. The number of rotatable bonds is 6. The van der Waals surface area contributed by atoms with E-state index < -0.39 is 29.4 Å². The molecule has 2 aromatic rings. The van der Waals surface area contributed by atoms with E-state index in [1.54, 1.807) is 6.92 Å². The van der Waals surface area contributed by atoms with Crippen LogP contribution in [0.5, 0.6) is 0 Å². The maximum Gasteiger partial charge on any atom is 0.374 e. The van der Waals surface area contributed by atoms with E-state index in [1.165, 1.54) is 36.4 Å². The van der Waals surface area contributed by atoms with E-state index in [0.29, 0.717) is 17.9 Å². The number of nitrogens with one attached hydrogen (secondary N) is 2. The van der Waals surface area contributed by atoms with Gasteiger partial charge in [0.2, 0.25) is 5.76 Å². The molecule has 0 aliphatic carbocycles. The lowest BCUT2D eigenvalue weighted by Gasteiger charge is -2.05. The fourth-order valence-corrected chi connectivity index (χ4v) is 1.92. The molecule has 10 heteroatoms. The highest BCUT2D eigenvalue weighted by Gasteiger charge is 2.16. The molecule has 0 bridgehead atoms. The van der Waals surface area contributed by atoms with Crippen LogP contribution in [0.25, 0.3) is 11.3 Å². The molecule has 1 aromatic heterocycles. The summed E-state index contributed by atoms with van der Waals surface area (Å²) in [6.45, 7) is 1.38. The molecule has 10 nitrogen and oxygen atoms in total. The first-order chi connectivity index (χ1) is 12.4. The van der Waals surface area contributed by atoms with Gasteiger partial charge in [0, 0.05) is 24.2 Å². The number of benzene rings is 1. The van der Waals surface area contributed by atoms with Gasteiger partial charge in [-0.3, -0.25) is 20.2 Å². The van der Waals surface area contributed by atoms with Gasteiger partial charge in [0.05, 0.1) is 4.92 Å². The number of non-ortho nitro benzene ring substituents is 1. The van der Waals surface area contributed by atoms with Crippen molar-refractivity contribution in [1.29, 1.82) is 0 Å². The lowest BCUT2D eigenvalue weighted by Crippen LogP contribution is -2.41. The quantitative estimate of drug-likeness (QED) is 0.454. The molecule has 3 amide bonds. The zero-order valence-electron chi connectivity index (χ0n) is 13.7. The number of nitrogens with zero attached hydrogens (tertiary/aromatic N) is 1. The van der Waals surface area contributed by atoms with Gasteiger partial charge < -0.3 is 14.5 Å². The molecule has 0 saturated heterocycles. The third-order valence-electron chi connectivity index (χ3n) is 3.09. The number of furan rings is 1. The number of carbonyl (C=O) groups is 3. The summed E-state index contributed by atoms with van der Waals surface area (Å²) in [7, 11) is 0. The predicted molar refractivity (Wildman–Crippen MR) is 88.3 cm³/mol. The van der Waals surface area contributed by atoms with Crippen molar-refractivity contribution in [3.05, 3.63) is 52.3 Å². The Hall–Kier alpha value is -3.69. The van der Waals surface area contributed by atoms with E-state index in [-0.39, 0.29) is 11.4 Å². The lowest BCUT2D eigenvalue weighted by atomic mass is 10.1. The van der Waals surface area contributed by atoms with Crippen LogP contribution in [-0.2, 0) is 9.53 Å². The van der Waals surface area contributed by atoms with Crippen LogP contribution in [-0.4, -0.2) is 36.0 Å². The van der Waals surface area contributed by atoms with Crippen LogP contribution in [0.15, 0.2) is 40.8 Å². The smallest absolute Gasteiger partial charge is 0.374 e. The fourth-order valence-electron chi connectivity index (χ4n) is 1.92. The normalized spacial score (nSPS) is 10.0. The average molecular weight is 361 g/mol. The van der Waals surface area contributed by atoms with Gasteiger partial charge in [0.15, 0.2) is 6.61 Å². The molecular formula is C16H15N3O7. The average Bonchev–Trinajstić information content (AvgIpc) is 3.10. The molecule has 2 N–H and O–H groups in total. The number of ether oxygens (including phenoxy) is 1. The molecule has 0 aliphatic rings. The number of nitro benzene ring substituents is 1. The van der Waals surface area contributed by atoms with Gasteiger partial charge in [0.25, 0.3) is 11.6 Å². The molecule has 136 valence electrons. The van der Waals surface area contributed by atoms with Crippen LogP contribution in [0.2, 0.25) is 0 Å². The van der Waals surface area contributed by atoms with Crippen molar-refractivity contribution in [2.45, 2.75) is 6.92 Å². The summed E-state index contributed by atoms with van der Waals surface area (Å²) in [6.07, 6.45) is 0. The van der Waals surface area contributed by atoms with Gasteiger partial charge in [-0.1, -0.05) is 0 Å². The van der Waals surface area contributed by atoms with Crippen LogP contribution >= 0.6 is 0 Å². The van der Waals surface area contributed by atoms with Crippen molar-refractivity contribution in [3.8, 4) is 11.3 Å². The second kappa shape index (κ2) is 8.42. The van der Waals surface area contributed by atoms with Crippen molar-refractivity contribution < 1.29 is 28.5 Å². The summed E-state index contributed by atoms with van der Waals surface area (Å²) in [4.78, 5) is 44.6. The summed E-state index contributed by atoms with van der Waals surface area (Å²) in [5.74, 6) is -1.52. The van der Waals surface area contributed by atoms with Crippen LogP contribution in [0, 0.1) is 10.1 Å². The van der Waals surface area contributed by atoms with E-state index in [0.717, 1.165) is 0 Å². The molecule has 26 heavy (non-hydrogen) atoms. The number of nitro groups is 1. The largest absolute Gasteiger partial charge is 0.450 e. The highest BCUT2D eigenvalue weighted by molar-refractivity contribution is 5.96. The molecule has 0 saturated carbocycles. The predicted octanol–water partition coefficient (Wildman–Crippen LogP) is 1.86. The zero-order valence-corrected chi connectivity index (χ0v) is 13.7. The van der Waals surface area contributed by atoms with E-state index in [1.807, 2.05) is 5.32 Å². The van der Waals surface area contributed by atoms with Gasteiger partial charge in [0.1, 0.15) is 5.76 Å². The maximum atomic E-state index is 11.9. The number of amides is 3. The molecule has 1 heterocycles. The molecule has 2 rings (SSSR count). The monoisotopic (exact) mass is 361 g/mol. The standard InChI is InChI=1S/C16H15N3O7/c1-2-17-16(22)18-14(20)9-25-15(21)13-8-7-12(26-13)10-3-5-11(6-4-10)19(23)24/h3-8H,2,9H2,1H3,(H2,17,18,20,22). The van der Waals surface area contributed by atoms with E-state index in [2.05, 4.69) is 5.32 Å². The second-order valence-corrected chi connectivity index (χ2v) is 4.95. The number of esters is 1. The Morgan fingerprint density at radius 3 is 2.46 bits per heavy atom. The van der Waals surface area contributed by atoms with Crippen molar-refractivity contribution in [2.24, 2.45) is 0 Å². The highest BCUT2D eigenvalue weighted by atomic mass is 16.6. The van der Waals surface area contributed by atoms with E-state index in [4.69, 9.17) is 9.15 Å². The van der Waals surface area contributed by atoms with Crippen LogP contribution in [0.4, 0.5) is 10.5 Å². The van der Waals surface area contributed by atoms with Gasteiger partial charge in [-0.25, -0.2) is 9.59 Å². The molecule has 1 aromatic carbocycles. The lowest BCUT2D eigenvalue weighted by molar-refractivity contribution is -0.384. The first-order valence-electron chi connectivity index (χ1n) is 7.50. The number of hydrogen-bond acceptors (Lipinski definition) is 7. The third kappa shape index (κ3) is 4.90. The van der Waals surface area contributed by atoms with Gasteiger partial charge in [-0.2, -0.15) is 0 Å². The van der Waals surface area contributed by atoms with Crippen molar-refractivity contribution in [1.82, 2.24) is 10.6 Å². The summed E-state index contributed by atoms with van der Waals surface area (Å²) in [5.41, 5.74) is 0.460. The molecule has 0 fully saturated rings. The minimum Gasteiger partial charge on any atom is -0.450 e. The van der Waals surface area contributed by atoms with E-state index >= 15 is 0 Å². The Kier molecular flexibility index (Phi) is 6.04. The summed E-state index contributed by atoms with van der Waals surface area (Å²) in [5, 5.41) is 15.0. The van der Waals surface area contributed by atoms with Crippen LogP contribution < -0.4 is 10.6 Å².